The molecular formula is C9H8ClN5S. The van der Waals surface area contributed by atoms with E-state index in [0.29, 0.717) is 16.1 Å². The first-order valence-electron chi connectivity index (χ1n) is 4.40. The summed E-state index contributed by atoms with van der Waals surface area (Å²) in [6.07, 6.45) is 3.25. The van der Waals surface area contributed by atoms with Gasteiger partial charge in [0.25, 0.3) is 0 Å². The number of halogens is 1. The van der Waals surface area contributed by atoms with Gasteiger partial charge < -0.3 is 5.73 Å². The van der Waals surface area contributed by atoms with E-state index in [1.807, 2.05) is 6.92 Å². The van der Waals surface area contributed by atoms with Crippen LogP contribution in [0.15, 0.2) is 28.6 Å². The molecule has 0 bridgehead atoms. The van der Waals surface area contributed by atoms with Gasteiger partial charge in [0.1, 0.15) is 16.0 Å². The van der Waals surface area contributed by atoms with Gasteiger partial charge in [-0.25, -0.2) is 15.0 Å². The molecule has 82 valence electrons. The summed E-state index contributed by atoms with van der Waals surface area (Å²) in [6.45, 7) is 1.86. The summed E-state index contributed by atoms with van der Waals surface area (Å²) in [5.41, 5.74) is 6.38. The van der Waals surface area contributed by atoms with Crippen molar-refractivity contribution in [1.29, 1.82) is 0 Å². The van der Waals surface area contributed by atoms with Crippen molar-refractivity contribution in [1.82, 2.24) is 19.9 Å². The molecule has 0 atom stereocenters. The fourth-order valence-electron chi connectivity index (χ4n) is 1.04. The molecule has 2 N–H and O–H groups in total. The predicted molar refractivity (Wildman–Crippen MR) is 62.3 cm³/mol. The Morgan fingerprint density at radius 3 is 2.69 bits per heavy atom. The summed E-state index contributed by atoms with van der Waals surface area (Å²) in [6, 6.07) is 1.50. The van der Waals surface area contributed by atoms with E-state index >= 15 is 0 Å². The molecule has 0 spiro atoms. The molecule has 2 rings (SSSR count). The van der Waals surface area contributed by atoms with E-state index in [1.54, 1.807) is 12.4 Å². The molecule has 2 heterocycles. The molecule has 0 saturated carbocycles. The Morgan fingerprint density at radius 2 is 2.00 bits per heavy atom. The molecule has 2 aromatic rings. The molecule has 0 amide bonds. The highest BCUT2D eigenvalue weighted by Crippen LogP contribution is 2.25. The van der Waals surface area contributed by atoms with E-state index in [-0.39, 0.29) is 0 Å². The van der Waals surface area contributed by atoms with Gasteiger partial charge in [0.05, 0.1) is 5.69 Å². The van der Waals surface area contributed by atoms with E-state index < -0.39 is 0 Å². The van der Waals surface area contributed by atoms with Crippen molar-refractivity contribution in [2.75, 3.05) is 5.73 Å². The van der Waals surface area contributed by atoms with Gasteiger partial charge in [0.15, 0.2) is 5.16 Å². The maximum absolute atomic E-state index is 5.78. The fourth-order valence-corrected chi connectivity index (χ4v) is 2.06. The zero-order valence-corrected chi connectivity index (χ0v) is 9.96. The summed E-state index contributed by atoms with van der Waals surface area (Å²) in [7, 11) is 0. The second-order valence-corrected chi connectivity index (χ2v) is 4.29. The highest BCUT2D eigenvalue weighted by molar-refractivity contribution is 7.99. The van der Waals surface area contributed by atoms with Crippen molar-refractivity contribution in [2.24, 2.45) is 0 Å². The summed E-state index contributed by atoms with van der Waals surface area (Å²) in [4.78, 5) is 16.4. The molecule has 16 heavy (non-hydrogen) atoms. The van der Waals surface area contributed by atoms with Gasteiger partial charge >= 0.3 is 0 Å². The van der Waals surface area contributed by atoms with Crippen molar-refractivity contribution in [3.8, 4) is 0 Å². The molecule has 0 aromatic carbocycles. The number of hydrogen-bond acceptors (Lipinski definition) is 6. The van der Waals surface area contributed by atoms with Gasteiger partial charge in [-0.15, -0.1) is 0 Å². The third-order valence-electron chi connectivity index (χ3n) is 1.72. The zero-order chi connectivity index (χ0) is 11.5. The summed E-state index contributed by atoms with van der Waals surface area (Å²) in [5.74, 6) is 0.337. The lowest BCUT2D eigenvalue weighted by molar-refractivity contribution is 0.946. The van der Waals surface area contributed by atoms with Crippen molar-refractivity contribution in [3.63, 3.8) is 0 Å². The summed E-state index contributed by atoms with van der Waals surface area (Å²) < 4.78 is 0. The largest absolute Gasteiger partial charge is 0.384 e. The maximum atomic E-state index is 5.78. The average Bonchev–Trinajstić information content (AvgIpc) is 2.20. The lowest BCUT2D eigenvalue weighted by Gasteiger charge is -2.02. The van der Waals surface area contributed by atoms with Crippen LogP contribution in [0.1, 0.15) is 5.69 Å². The van der Waals surface area contributed by atoms with Crippen LogP contribution in [0, 0.1) is 6.92 Å². The molecule has 0 radical (unpaired) electrons. The van der Waals surface area contributed by atoms with Crippen molar-refractivity contribution in [3.05, 3.63) is 29.3 Å². The van der Waals surface area contributed by atoms with Crippen LogP contribution in [0.25, 0.3) is 0 Å². The number of nitrogens with two attached hydrogens (primary N) is 1. The monoisotopic (exact) mass is 253 g/mol. The number of hydrogen-bond donors (Lipinski definition) is 1. The number of aromatic nitrogens is 4. The Balaban J connectivity index is 2.30. The summed E-state index contributed by atoms with van der Waals surface area (Å²) in [5, 5.41) is 1.52. The molecule has 0 unspecified atom stereocenters. The van der Waals surface area contributed by atoms with Gasteiger partial charge in [-0.2, -0.15) is 0 Å². The minimum absolute atomic E-state index is 0.316. The van der Waals surface area contributed by atoms with E-state index in [4.69, 9.17) is 17.3 Å². The fraction of sp³-hybridized carbons (Fsp3) is 0.111. The van der Waals surface area contributed by atoms with Crippen LogP contribution in [0.4, 0.5) is 5.82 Å². The molecular weight excluding hydrogens is 246 g/mol. The summed E-state index contributed by atoms with van der Waals surface area (Å²) >= 11 is 7.06. The van der Waals surface area contributed by atoms with E-state index in [2.05, 4.69) is 19.9 Å². The topological polar surface area (TPSA) is 77.6 Å². The number of anilines is 1. The van der Waals surface area contributed by atoms with Crippen LogP contribution in [0.2, 0.25) is 5.15 Å². The molecule has 0 aliphatic heterocycles. The molecule has 0 fully saturated rings. The number of aryl methyl sites for hydroxylation is 1. The van der Waals surface area contributed by atoms with Gasteiger partial charge in [-0.3, -0.25) is 4.98 Å². The lowest BCUT2D eigenvalue weighted by atomic mass is 10.5. The zero-order valence-electron chi connectivity index (χ0n) is 8.38. The van der Waals surface area contributed by atoms with Gasteiger partial charge in [0.2, 0.25) is 0 Å². The van der Waals surface area contributed by atoms with Crippen LogP contribution < -0.4 is 5.73 Å². The van der Waals surface area contributed by atoms with Gasteiger partial charge in [-0.05, 0) is 18.7 Å². The molecule has 0 saturated heterocycles. The Bertz CT molecular complexity index is 499. The van der Waals surface area contributed by atoms with E-state index in [9.17, 15) is 0 Å². The van der Waals surface area contributed by atoms with Crippen molar-refractivity contribution in [2.45, 2.75) is 17.1 Å². The third kappa shape index (κ3) is 2.59. The highest BCUT2D eigenvalue weighted by Gasteiger charge is 2.07. The Morgan fingerprint density at radius 1 is 1.25 bits per heavy atom. The Hall–Kier alpha value is -1.40. The third-order valence-corrected chi connectivity index (χ3v) is 2.87. The SMILES string of the molecule is Cc1nccnc1Sc1nc(N)cc(Cl)n1. The van der Waals surface area contributed by atoms with Crippen molar-refractivity contribution >= 4 is 29.2 Å². The number of rotatable bonds is 2. The second-order valence-electron chi connectivity index (χ2n) is 2.95. The Kier molecular flexibility index (Phi) is 3.21. The van der Waals surface area contributed by atoms with Crippen LogP contribution >= 0.6 is 23.4 Å². The minimum atomic E-state index is 0.316. The van der Waals surface area contributed by atoms with Crippen LogP contribution in [0.3, 0.4) is 0 Å². The predicted octanol–water partition coefficient (Wildman–Crippen LogP) is 1.96. The first-order chi connectivity index (χ1) is 7.65. The Labute approximate surface area is 101 Å². The maximum Gasteiger partial charge on any atom is 0.197 e. The quantitative estimate of drug-likeness (QED) is 0.651. The number of nitrogens with zero attached hydrogens (tertiary/aromatic N) is 4. The standard InChI is InChI=1S/C9H8ClN5S/c1-5-8(13-3-2-12-5)16-9-14-6(10)4-7(11)15-9/h2-4H,1H3,(H2,11,14,15). The molecule has 0 aliphatic rings. The van der Waals surface area contributed by atoms with Crippen LogP contribution in [0.5, 0.6) is 0 Å². The highest BCUT2D eigenvalue weighted by atomic mass is 35.5. The molecule has 2 aromatic heterocycles. The van der Waals surface area contributed by atoms with Crippen LogP contribution in [-0.2, 0) is 0 Å². The molecule has 0 aliphatic carbocycles. The smallest absolute Gasteiger partial charge is 0.197 e. The molecule has 7 heteroatoms. The van der Waals surface area contributed by atoms with Crippen LogP contribution in [-0.4, -0.2) is 19.9 Å². The normalized spacial score (nSPS) is 10.4. The molecule has 5 nitrogen and oxygen atoms in total. The lowest BCUT2D eigenvalue weighted by Crippen LogP contribution is -1.96. The second kappa shape index (κ2) is 4.63. The van der Waals surface area contributed by atoms with E-state index in [1.165, 1.54) is 17.8 Å². The number of nitrogen functional groups attached to an aromatic ring is 1. The van der Waals surface area contributed by atoms with Crippen molar-refractivity contribution < 1.29 is 0 Å². The first-order valence-corrected chi connectivity index (χ1v) is 5.60. The van der Waals surface area contributed by atoms with Gasteiger partial charge in [-0.1, -0.05) is 11.6 Å². The van der Waals surface area contributed by atoms with E-state index in [0.717, 1.165) is 10.7 Å². The first kappa shape index (κ1) is 11.1. The minimum Gasteiger partial charge on any atom is -0.384 e. The van der Waals surface area contributed by atoms with Gasteiger partial charge in [0, 0.05) is 18.5 Å². The average molecular weight is 254 g/mol.